The van der Waals surface area contributed by atoms with Gasteiger partial charge in [-0.25, -0.2) is 0 Å². The Balaban J connectivity index is 1.36. The summed E-state index contributed by atoms with van der Waals surface area (Å²) >= 11 is 0. The van der Waals surface area contributed by atoms with E-state index in [2.05, 4.69) is 47.4 Å². The molecule has 0 bridgehead atoms. The minimum absolute atomic E-state index is 0.0756. The number of anilines is 2. The number of hydrogen-bond donors (Lipinski definition) is 4. The summed E-state index contributed by atoms with van der Waals surface area (Å²) in [4.78, 5) is 0. The lowest BCUT2D eigenvalue weighted by atomic mass is 9.86. The summed E-state index contributed by atoms with van der Waals surface area (Å²) in [6.07, 6.45) is 0. The number of ether oxygens (including phenoxy) is 2. The first-order valence-corrected chi connectivity index (χ1v) is 22.4. The third-order valence-electron chi connectivity index (χ3n) is 11.4. The molecule has 0 spiro atoms. The van der Waals surface area contributed by atoms with E-state index in [1.807, 2.05) is 170 Å². The largest absolute Gasteiger partial charge is 0.506 e. The van der Waals surface area contributed by atoms with Gasteiger partial charge in [0.25, 0.3) is 0 Å². The molecular formula is C64H40N2O4. The quantitative estimate of drug-likeness (QED) is 0.0778. The van der Waals surface area contributed by atoms with E-state index in [1.165, 1.54) is 12.1 Å². The molecule has 0 heterocycles. The van der Waals surface area contributed by atoms with Gasteiger partial charge in [-0.1, -0.05) is 144 Å². The summed E-state index contributed by atoms with van der Waals surface area (Å²) in [5, 5.41) is 24.1. The molecule has 0 aliphatic rings. The van der Waals surface area contributed by atoms with Gasteiger partial charge < -0.3 is 31.2 Å². The van der Waals surface area contributed by atoms with Gasteiger partial charge in [0, 0.05) is 78.5 Å². The molecule has 6 heteroatoms. The fourth-order valence-corrected chi connectivity index (χ4v) is 8.09. The van der Waals surface area contributed by atoms with Crippen LogP contribution in [0.1, 0.15) is 44.5 Å². The third kappa shape index (κ3) is 9.53. The molecule has 0 fully saturated rings. The average Bonchev–Trinajstić information content (AvgIpc) is 3.39. The molecule has 330 valence electrons. The van der Waals surface area contributed by atoms with Crippen LogP contribution in [0.2, 0.25) is 0 Å². The van der Waals surface area contributed by atoms with E-state index in [-0.39, 0.29) is 22.9 Å². The first-order valence-electron chi connectivity index (χ1n) is 22.4. The number of fused-ring (bicyclic) bond motifs is 2. The van der Waals surface area contributed by atoms with Gasteiger partial charge in [0.05, 0.1) is 11.4 Å². The second kappa shape index (κ2) is 19.7. The Bertz CT molecular complexity index is 3620. The summed E-state index contributed by atoms with van der Waals surface area (Å²) in [6.45, 7) is 0. The highest BCUT2D eigenvalue weighted by molar-refractivity contribution is 6.14. The van der Waals surface area contributed by atoms with Gasteiger partial charge in [-0.05, 0) is 108 Å². The van der Waals surface area contributed by atoms with Crippen molar-refractivity contribution in [2.24, 2.45) is 0 Å². The van der Waals surface area contributed by atoms with Gasteiger partial charge >= 0.3 is 0 Å². The van der Waals surface area contributed by atoms with Crippen LogP contribution >= 0.6 is 0 Å². The molecule has 0 amide bonds. The van der Waals surface area contributed by atoms with Crippen molar-refractivity contribution >= 4 is 32.9 Å². The van der Waals surface area contributed by atoms with Crippen molar-refractivity contribution in [3.05, 3.63) is 251 Å². The van der Waals surface area contributed by atoms with Crippen molar-refractivity contribution in [3.63, 3.8) is 0 Å². The second-order valence-electron chi connectivity index (χ2n) is 16.2. The molecule has 70 heavy (non-hydrogen) atoms. The van der Waals surface area contributed by atoms with Gasteiger partial charge in [0.15, 0.2) is 0 Å². The highest BCUT2D eigenvalue weighted by Gasteiger charge is 2.25. The molecule has 10 aromatic rings. The summed E-state index contributed by atoms with van der Waals surface area (Å²) < 4.78 is 13.9. The van der Waals surface area contributed by atoms with Crippen LogP contribution in [0.25, 0.3) is 32.7 Å². The van der Waals surface area contributed by atoms with Crippen LogP contribution in [0.15, 0.2) is 206 Å². The Morgan fingerprint density at radius 1 is 0.314 bits per heavy atom. The number of benzene rings is 10. The second-order valence-corrected chi connectivity index (χ2v) is 16.2. The molecule has 0 unspecified atom stereocenters. The van der Waals surface area contributed by atoms with Crippen molar-refractivity contribution in [3.8, 4) is 93.0 Å². The zero-order valence-corrected chi connectivity index (χ0v) is 37.5. The highest BCUT2D eigenvalue weighted by Crippen LogP contribution is 2.50. The van der Waals surface area contributed by atoms with Crippen molar-refractivity contribution in [2.75, 3.05) is 11.5 Å². The first-order chi connectivity index (χ1) is 34.3. The number of aromatic hydroxyl groups is 2. The number of rotatable bonds is 5. The lowest BCUT2D eigenvalue weighted by Crippen LogP contribution is -2.00. The predicted octanol–water partition coefficient (Wildman–Crippen LogP) is 13.4. The zero-order chi connectivity index (χ0) is 47.8. The van der Waals surface area contributed by atoms with Gasteiger partial charge in [-0.3, -0.25) is 0 Å². The lowest BCUT2D eigenvalue weighted by Gasteiger charge is -2.22. The molecule has 0 aliphatic carbocycles. The zero-order valence-electron chi connectivity index (χ0n) is 37.5. The normalized spacial score (nSPS) is 10.3. The van der Waals surface area contributed by atoms with E-state index < -0.39 is 0 Å². The average molecular weight is 901 g/mol. The maximum Gasteiger partial charge on any atom is 0.138 e. The Labute approximate surface area is 406 Å². The Morgan fingerprint density at radius 2 is 0.643 bits per heavy atom. The standard InChI is InChI=1S/C64H40N2O4/c65-55-41-51(35-37-57(55)67)69-59-39-49(33-29-45-19-9-3-10-20-45)61-47(31-27-43-15-5-1-6-16-43)23-13-25-53(61)63(59)64-54-26-14-24-48(32-28-44-17-7-2-8-18-44)62(54)50(34-30-46-21-11-4-12-22-46)40-60(64)70-52-36-38-58(68)56(66)42-52/h1-26,35-42,67-68H,65-66H2. The molecule has 6 nitrogen and oxygen atoms in total. The minimum atomic E-state index is -0.0756. The van der Waals surface area contributed by atoms with Gasteiger partial charge in [0.1, 0.15) is 34.5 Å². The van der Waals surface area contributed by atoms with E-state index >= 15 is 0 Å². The van der Waals surface area contributed by atoms with Crippen LogP contribution in [-0.2, 0) is 0 Å². The molecule has 0 saturated carbocycles. The van der Waals surface area contributed by atoms with Crippen LogP contribution < -0.4 is 20.9 Å². The first kappa shape index (κ1) is 43.6. The smallest absolute Gasteiger partial charge is 0.138 e. The van der Waals surface area contributed by atoms with Crippen LogP contribution in [-0.4, -0.2) is 10.2 Å². The summed E-state index contributed by atoms with van der Waals surface area (Å²) in [5.74, 6) is 28.9. The van der Waals surface area contributed by atoms with E-state index in [4.69, 9.17) is 20.9 Å². The SMILES string of the molecule is Nc1cc(Oc2cc(C#Cc3ccccc3)c3c(C#Cc4ccccc4)cccc3c2-c2c(Oc3ccc(O)c(N)c3)cc(C#Cc3ccccc3)c3c(C#Cc4ccccc4)cccc23)ccc1O. The van der Waals surface area contributed by atoms with Crippen LogP contribution in [0.5, 0.6) is 34.5 Å². The number of nitrogen functional groups attached to an aromatic ring is 2. The van der Waals surface area contributed by atoms with Gasteiger partial charge in [0.2, 0.25) is 0 Å². The molecule has 0 aliphatic heterocycles. The molecule has 0 aromatic heterocycles. The van der Waals surface area contributed by atoms with E-state index in [9.17, 15) is 10.2 Å². The van der Waals surface area contributed by atoms with Crippen molar-refractivity contribution in [1.29, 1.82) is 0 Å². The number of phenolic OH excluding ortho intramolecular Hbond substituents is 2. The fourth-order valence-electron chi connectivity index (χ4n) is 8.09. The van der Waals surface area contributed by atoms with Crippen LogP contribution in [0.3, 0.4) is 0 Å². The number of nitrogens with two attached hydrogens (primary N) is 2. The van der Waals surface area contributed by atoms with Crippen molar-refractivity contribution < 1.29 is 19.7 Å². The van der Waals surface area contributed by atoms with Crippen LogP contribution in [0.4, 0.5) is 11.4 Å². The molecule has 0 saturated heterocycles. The van der Waals surface area contributed by atoms with E-state index in [0.29, 0.717) is 45.3 Å². The van der Waals surface area contributed by atoms with Crippen molar-refractivity contribution in [1.82, 2.24) is 0 Å². The molecule has 10 rings (SSSR count). The van der Waals surface area contributed by atoms with Gasteiger partial charge in [-0.15, -0.1) is 0 Å². The Kier molecular flexibility index (Phi) is 12.3. The molecular weight excluding hydrogens is 861 g/mol. The summed E-state index contributed by atoms with van der Waals surface area (Å²) in [5.41, 5.74) is 20.3. The summed E-state index contributed by atoms with van der Waals surface area (Å²) in [6, 6.07) is 64.5. The van der Waals surface area contributed by atoms with Crippen molar-refractivity contribution in [2.45, 2.75) is 0 Å². The number of phenols is 2. The third-order valence-corrected chi connectivity index (χ3v) is 11.4. The molecule has 6 N–H and O–H groups in total. The number of hydrogen-bond acceptors (Lipinski definition) is 6. The molecule has 0 atom stereocenters. The molecule has 10 aromatic carbocycles. The molecule has 0 radical (unpaired) electrons. The minimum Gasteiger partial charge on any atom is -0.506 e. The lowest BCUT2D eigenvalue weighted by molar-refractivity contribution is 0.465. The van der Waals surface area contributed by atoms with Gasteiger partial charge in [-0.2, -0.15) is 0 Å². The maximum absolute atomic E-state index is 10.5. The summed E-state index contributed by atoms with van der Waals surface area (Å²) in [7, 11) is 0. The Morgan fingerprint density at radius 3 is 0.971 bits per heavy atom. The predicted molar refractivity (Wildman–Crippen MR) is 282 cm³/mol. The topological polar surface area (TPSA) is 111 Å². The fraction of sp³-hybridized carbons (Fsp3) is 0. The van der Waals surface area contributed by atoms with E-state index in [1.54, 1.807) is 24.3 Å². The maximum atomic E-state index is 10.5. The van der Waals surface area contributed by atoms with Crippen LogP contribution in [0, 0.1) is 47.4 Å². The highest BCUT2D eigenvalue weighted by atomic mass is 16.5. The monoisotopic (exact) mass is 900 g/mol. The van der Waals surface area contributed by atoms with E-state index in [0.717, 1.165) is 54.9 Å². The Hall–Kier alpha value is -10.2.